The van der Waals surface area contributed by atoms with Crippen LogP contribution in [0.2, 0.25) is 0 Å². The van der Waals surface area contributed by atoms with E-state index in [4.69, 9.17) is 0 Å². The first-order valence-corrected chi connectivity index (χ1v) is 5.07. The van der Waals surface area contributed by atoms with Gasteiger partial charge in [-0.05, 0) is 26.9 Å². The van der Waals surface area contributed by atoms with Gasteiger partial charge >= 0.3 is 0 Å². The highest BCUT2D eigenvalue weighted by atomic mass is 16.3. The van der Waals surface area contributed by atoms with E-state index in [1.807, 2.05) is 27.9 Å². The van der Waals surface area contributed by atoms with Crippen molar-refractivity contribution >= 4 is 5.91 Å². The number of likely N-dealkylation sites (N-methyl/N-ethyl adjacent to an activating group) is 1. The van der Waals surface area contributed by atoms with Gasteiger partial charge in [0, 0.05) is 6.54 Å². The molecule has 4 heteroatoms. The Kier molecular flexibility index (Phi) is 5.72. The molecule has 4 nitrogen and oxygen atoms in total. The number of hydrogen-bond donors (Lipinski definition) is 2. The molecule has 0 rings (SSSR count). The van der Waals surface area contributed by atoms with Gasteiger partial charge in [0.05, 0.1) is 12.1 Å². The van der Waals surface area contributed by atoms with Gasteiger partial charge < -0.3 is 15.3 Å². The molecular formula is C10H22N2O2. The molecule has 0 aromatic rings. The first-order valence-electron chi connectivity index (χ1n) is 5.07. The van der Waals surface area contributed by atoms with Gasteiger partial charge in [-0.25, -0.2) is 0 Å². The van der Waals surface area contributed by atoms with Gasteiger partial charge in [-0.15, -0.1) is 0 Å². The quantitative estimate of drug-likeness (QED) is 0.647. The fraction of sp³-hybridized carbons (Fsp3) is 0.900. The monoisotopic (exact) mass is 202 g/mol. The number of amides is 1. The number of rotatable bonds is 6. The molecule has 0 unspecified atom stereocenters. The van der Waals surface area contributed by atoms with E-state index in [-0.39, 0.29) is 5.91 Å². The maximum atomic E-state index is 11.3. The first-order chi connectivity index (χ1) is 6.43. The van der Waals surface area contributed by atoms with Crippen LogP contribution in [0.5, 0.6) is 0 Å². The van der Waals surface area contributed by atoms with E-state index in [1.54, 1.807) is 4.90 Å². The molecule has 0 saturated carbocycles. The summed E-state index contributed by atoms with van der Waals surface area (Å²) in [5.74, 6) is -0.0460. The predicted octanol–water partition coefficient (Wildman–Crippen LogP) is 0.215. The zero-order valence-electron chi connectivity index (χ0n) is 9.63. The minimum absolute atomic E-state index is 0.0460. The summed E-state index contributed by atoms with van der Waals surface area (Å²) in [5.41, 5.74) is -0.748. The minimum Gasteiger partial charge on any atom is -0.388 e. The second-order valence-electron chi connectivity index (χ2n) is 3.95. The van der Waals surface area contributed by atoms with Crippen molar-refractivity contribution in [3.05, 3.63) is 0 Å². The van der Waals surface area contributed by atoms with Crippen molar-refractivity contribution < 1.29 is 9.90 Å². The number of carbonyl (C=O) groups excluding carboxylic acids is 1. The zero-order valence-corrected chi connectivity index (χ0v) is 9.63. The van der Waals surface area contributed by atoms with Crippen LogP contribution in [0.15, 0.2) is 0 Å². The molecule has 0 atom stereocenters. The molecular weight excluding hydrogens is 180 g/mol. The lowest BCUT2D eigenvalue weighted by Gasteiger charge is -2.25. The summed E-state index contributed by atoms with van der Waals surface area (Å²) in [7, 11) is 3.68. The molecule has 0 fully saturated rings. The number of aliphatic hydroxyl groups is 1. The summed E-state index contributed by atoms with van der Waals surface area (Å²) in [6, 6.07) is 0. The van der Waals surface area contributed by atoms with Crippen molar-refractivity contribution in [3.63, 3.8) is 0 Å². The Hall–Kier alpha value is -0.610. The Bertz CT molecular complexity index is 177. The molecule has 1 amide bonds. The Balaban J connectivity index is 3.86. The van der Waals surface area contributed by atoms with Crippen molar-refractivity contribution in [1.82, 2.24) is 10.2 Å². The van der Waals surface area contributed by atoms with Crippen LogP contribution in [-0.4, -0.2) is 48.7 Å². The van der Waals surface area contributed by atoms with E-state index in [0.29, 0.717) is 25.9 Å². The second kappa shape index (κ2) is 5.98. The summed E-state index contributed by atoms with van der Waals surface area (Å²) >= 11 is 0. The van der Waals surface area contributed by atoms with E-state index < -0.39 is 5.60 Å². The van der Waals surface area contributed by atoms with Crippen molar-refractivity contribution in [2.24, 2.45) is 0 Å². The molecule has 14 heavy (non-hydrogen) atoms. The Morgan fingerprint density at radius 2 is 1.86 bits per heavy atom. The van der Waals surface area contributed by atoms with Crippen molar-refractivity contribution in [2.75, 3.05) is 27.2 Å². The lowest BCUT2D eigenvalue weighted by atomic mass is 9.98. The molecule has 0 aromatic heterocycles. The van der Waals surface area contributed by atoms with E-state index in [0.717, 1.165) is 0 Å². The van der Waals surface area contributed by atoms with Crippen LogP contribution in [-0.2, 0) is 4.79 Å². The second-order valence-corrected chi connectivity index (χ2v) is 3.95. The SMILES string of the molecule is CCC(O)(CC)CNC(=O)CN(C)C. The third-order valence-corrected chi connectivity index (χ3v) is 2.39. The van der Waals surface area contributed by atoms with Crippen LogP contribution in [0.1, 0.15) is 26.7 Å². The fourth-order valence-corrected chi connectivity index (χ4v) is 1.11. The van der Waals surface area contributed by atoms with Crippen LogP contribution in [0.25, 0.3) is 0 Å². The molecule has 0 aromatic carbocycles. The van der Waals surface area contributed by atoms with E-state index in [9.17, 15) is 9.90 Å². The number of hydrogen-bond acceptors (Lipinski definition) is 3. The maximum Gasteiger partial charge on any atom is 0.234 e. The van der Waals surface area contributed by atoms with Gasteiger partial charge in [-0.1, -0.05) is 13.8 Å². The molecule has 0 heterocycles. The molecule has 0 aliphatic heterocycles. The molecule has 84 valence electrons. The third-order valence-electron chi connectivity index (χ3n) is 2.39. The Morgan fingerprint density at radius 1 is 1.36 bits per heavy atom. The molecule has 0 spiro atoms. The average molecular weight is 202 g/mol. The smallest absolute Gasteiger partial charge is 0.234 e. The van der Waals surface area contributed by atoms with Gasteiger partial charge in [0.1, 0.15) is 0 Å². The van der Waals surface area contributed by atoms with Crippen LogP contribution in [0, 0.1) is 0 Å². The number of carbonyl (C=O) groups is 1. The summed E-state index contributed by atoms with van der Waals surface area (Å²) < 4.78 is 0. The maximum absolute atomic E-state index is 11.3. The lowest BCUT2D eigenvalue weighted by Crippen LogP contribution is -2.44. The molecule has 0 bridgehead atoms. The minimum atomic E-state index is -0.748. The largest absolute Gasteiger partial charge is 0.388 e. The number of nitrogens with one attached hydrogen (secondary N) is 1. The van der Waals surface area contributed by atoms with Crippen molar-refractivity contribution in [1.29, 1.82) is 0 Å². The summed E-state index contributed by atoms with van der Waals surface area (Å²) in [6.45, 7) is 4.54. The van der Waals surface area contributed by atoms with Gasteiger partial charge in [0.25, 0.3) is 0 Å². The van der Waals surface area contributed by atoms with Crippen LogP contribution in [0.3, 0.4) is 0 Å². The fourth-order valence-electron chi connectivity index (χ4n) is 1.11. The molecule has 2 N–H and O–H groups in total. The van der Waals surface area contributed by atoms with E-state index >= 15 is 0 Å². The highest BCUT2D eigenvalue weighted by molar-refractivity contribution is 5.77. The topological polar surface area (TPSA) is 52.6 Å². The summed E-state index contributed by atoms with van der Waals surface area (Å²) in [6.07, 6.45) is 1.32. The molecule has 0 aliphatic carbocycles. The average Bonchev–Trinajstić information content (AvgIpc) is 2.13. The lowest BCUT2D eigenvalue weighted by molar-refractivity contribution is -0.123. The van der Waals surface area contributed by atoms with Crippen LogP contribution in [0.4, 0.5) is 0 Å². The van der Waals surface area contributed by atoms with E-state index in [2.05, 4.69) is 5.32 Å². The van der Waals surface area contributed by atoms with Crippen LogP contribution < -0.4 is 5.32 Å². The predicted molar refractivity (Wildman–Crippen MR) is 57.1 cm³/mol. The Morgan fingerprint density at radius 3 is 2.21 bits per heavy atom. The highest BCUT2D eigenvalue weighted by Gasteiger charge is 2.22. The van der Waals surface area contributed by atoms with Gasteiger partial charge in [-0.3, -0.25) is 4.79 Å². The molecule has 0 aliphatic rings. The molecule has 0 saturated heterocycles. The zero-order chi connectivity index (χ0) is 11.2. The van der Waals surface area contributed by atoms with Gasteiger partial charge in [0.2, 0.25) is 5.91 Å². The van der Waals surface area contributed by atoms with Gasteiger partial charge in [0.15, 0.2) is 0 Å². The standard InChI is InChI=1S/C10H22N2O2/c1-5-10(14,6-2)8-11-9(13)7-12(3)4/h14H,5-8H2,1-4H3,(H,11,13). The summed E-state index contributed by atoms with van der Waals surface area (Å²) in [4.78, 5) is 13.1. The van der Waals surface area contributed by atoms with Crippen LogP contribution >= 0.6 is 0 Å². The third kappa shape index (κ3) is 5.19. The van der Waals surface area contributed by atoms with E-state index in [1.165, 1.54) is 0 Å². The van der Waals surface area contributed by atoms with Crippen molar-refractivity contribution in [2.45, 2.75) is 32.3 Å². The summed E-state index contributed by atoms with van der Waals surface area (Å²) in [5, 5.41) is 12.6. The van der Waals surface area contributed by atoms with Gasteiger partial charge in [-0.2, -0.15) is 0 Å². The Labute approximate surface area is 86.3 Å². The highest BCUT2D eigenvalue weighted by Crippen LogP contribution is 2.12. The number of nitrogens with zero attached hydrogens (tertiary/aromatic N) is 1. The van der Waals surface area contributed by atoms with Crippen molar-refractivity contribution in [3.8, 4) is 0 Å². The molecule has 0 radical (unpaired) electrons. The first kappa shape index (κ1) is 13.4. The normalized spacial score (nSPS) is 11.9.